The second-order valence-electron chi connectivity index (χ2n) is 9.16. The van der Waals surface area contributed by atoms with E-state index in [1.165, 1.54) is 4.31 Å². The summed E-state index contributed by atoms with van der Waals surface area (Å²) in [4.78, 5) is 12.6. The van der Waals surface area contributed by atoms with Crippen LogP contribution in [0.15, 0.2) is 47.4 Å². The SMILES string of the molecule is COc1ccc(OCC(=O)NCCc2ccc(S(=O)(=O)N3CCOCC3)cc2)c(C(C)(C)C)c1. The van der Waals surface area contributed by atoms with Crippen molar-refractivity contribution in [1.82, 2.24) is 9.62 Å². The van der Waals surface area contributed by atoms with E-state index in [2.05, 4.69) is 26.1 Å². The molecule has 3 rings (SSSR count). The molecule has 0 aromatic heterocycles. The fourth-order valence-corrected chi connectivity index (χ4v) is 5.06. The molecule has 1 aliphatic rings. The zero-order valence-electron chi connectivity index (χ0n) is 20.3. The van der Waals surface area contributed by atoms with Crippen LogP contribution in [0.1, 0.15) is 31.9 Å². The summed E-state index contributed by atoms with van der Waals surface area (Å²) in [5.41, 5.74) is 1.74. The fourth-order valence-electron chi connectivity index (χ4n) is 3.65. The lowest BCUT2D eigenvalue weighted by Gasteiger charge is -2.26. The van der Waals surface area contributed by atoms with E-state index in [4.69, 9.17) is 14.2 Å². The first kappa shape index (κ1) is 26.0. The van der Waals surface area contributed by atoms with E-state index in [0.717, 1.165) is 16.9 Å². The summed E-state index contributed by atoms with van der Waals surface area (Å²) in [6, 6.07) is 12.3. The number of hydrogen-bond acceptors (Lipinski definition) is 6. The monoisotopic (exact) mass is 490 g/mol. The zero-order chi connectivity index (χ0) is 24.8. The second kappa shape index (κ2) is 11.2. The molecule has 34 heavy (non-hydrogen) atoms. The lowest BCUT2D eigenvalue weighted by molar-refractivity contribution is -0.123. The number of hydrogen-bond donors (Lipinski definition) is 1. The van der Waals surface area contributed by atoms with Gasteiger partial charge in [-0.3, -0.25) is 4.79 Å². The molecule has 186 valence electrons. The van der Waals surface area contributed by atoms with Crippen LogP contribution in [0.5, 0.6) is 11.5 Å². The van der Waals surface area contributed by atoms with Crippen LogP contribution in [-0.4, -0.2) is 65.2 Å². The minimum Gasteiger partial charge on any atom is -0.497 e. The molecule has 2 aromatic rings. The smallest absolute Gasteiger partial charge is 0.257 e. The van der Waals surface area contributed by atoms with Crippen LogP contribution in [0.25, 0.3) is 0 Å². The lowest BCUT2D eigenvalue weighted by Crippen LogP contribution is -2.40. The summed E-state index contributed by atoms with van der Waals surface area (Å²) in [5.74, 6) is 1.17. The molecule has 0 unspecified atom stereocenters. The Labute approximate surface area is 202 Å². The summed E-state index contributed by atoms with van der Waals surface area (Å²) in [6.45, 7) is 8.12. The van der Waals surface area contributed by atoms with Gasteiger partial charge in [-0.05, 0) is 47.7 Å². The van der Waals surface area contributed by atoms with Gasteiger partial charge in [0, 0.05) is 25.2 Å². The van der Waals surface area contributed by atoms with Gasteiger partial charge in [0.05, 0.1) is 25.2 Å². The summed E-state index contributed by atoms with van der Waals surface area (Å²) >= 11 is 0. The van der Waals surface area contributed by atoms with Gasteiger partial charge in [0.1, 0.15) is 11.5 Å². The van der Waals surface area contributed by atoms with Crippen molar-refractivity contribution in [2.45, 2.75) is 37.5 Å². The topological polar surface area (TPSA) is 94.2 Å². The zero-order valence-corrected chi connectivity index (χ0v) is 21.1. The van der Waals surface area contributed by atoms with E-state index in [0.29, 0.717) is 45.0 Å². The Balaban J connectivity index is 1.49. The molecule has 0 bridgehead atoms. The number of nitrogens with one attached hydrogen (secondary N) is 1. The van der Waals surface area contributed by atoms with E-state index in [-0.39, 0.29) is 22.8 Å². The molecule has 1 N–H and O–H groups in total. The molecular formula is C25H34N2O6S. The normalized spacial score (nSPS) is 15.1. The van der Waals surface area contributed by atoms with E-state index >= 15 is 0 Å². The van der Waals surface area contributed by atoms with Crippen molar-refractivity contribution in [3.05, 3.63) is 53.6 Å². The second-order valence-corrected chi connectivity index (χ2v) is 11.1. The third-order valence-corrected chi connectivity index (χ3v) is 7.53. The molecule has 2 aromatic carbocycles. The maximum Gasteiger partial charge on any atom is 0.257 e. The highest BCUT2D eigenvalue weighted by Crippen LogP contribution is 2.34. The van der Waals surface area contributed by atoms with E-state index in [9.17, 15) is 13.2 Å². The van der Waals surface area contributed by atoms with Crippen molar-refractivity contribution in [3.8, 4) is 11.5 Å². The summed E-state index contributed by atoms with van der Waals surface area (Å²) in [5, 5.41) is 2.85. The predicted molar refractivity (Wildman–Crippen MR) is 130 cm³/mol. The Hall–Kier alpha value is -2.62. The number of ether oxygens (including phenoxy) is 3. The number of carbonyl (C=O) groups excluding carboxylic acids is 1. The van der Waals surface area contributed by atoms with Gasteiger partial charge < -0.3 is 19.5 Å². The molecule has 9 heteroatoms. The Bertz CT molecular complexity index is 1070. The molecule has 1 saturated heterocycles. The number of methoxy groups -OCH3 is 1. The first-order valence-corrected chi connectivity index (χ1v) is 12.8. The average molecular weight is 491 g/mol. The Kier molecular flexibility index (Phi) is 8.57. The van der Waals surface area contributed by atoms with Crippen LogP contribution >= 0.6 is 0 Å². The highest BCUT2D eigenvalue weighted by Gasteiger charge is 2.26. The molecule has 0 radical (unpaired) electrons. The van der Waals surface area contributed by atoms with Crippen LogP contribution in [0.3, 0.4) is 0 Å². The molecule has 0 saturated carbocycles. The highest BCUT2D eigenvalue weighted by atomic mass is 32.2. The van der Waals surface area contributed by atoms with Gasteiger partial charge in [0.2, 0.25) is 10.0 Å². The Morgan fingerprint density at radius 2 is 1.76 bits per heavy atom. The van der Waals surface area contributed by atoms with Gasteiger partial charge in [-0.15, -0.1) is 0 Å². The highest BCUT2D eigenvalue weighted by molar-refractivity contribution is 7.89. The lowest BCUT2D eigenvalue weighted by atomic mass is 9.86. The maximum atomic E-state index is 12.7. The Morgan fingerprint density at radius 1 is 1.09 bits per heavy atom. The molecule has 1 aliphatic heterocycles. The molecule has 0 aliphatic carbocycles. The summed E-state index contributed by atoms with van der Waals surface area (Å²) < 4.78 is 43.2. The predicted octanol–water partition coefficient (Wildman–Crippen LogP) is 2.75. The molecular weight excluding hydrogens is 456 g/mol. The molecule has 8 nitrogen and oxygen atoms in total. The standard InChI is InChI=1S/C25H34N2O6S/c1-25(2,3)22-17-20(31-4)7-10-23(22)33-18-24(28)26-12-11-19-5-8-21(9-6-19)34(29,30)27-13-15-32-16-14-27/h5-10,17H,11-16,18H2,1-4H3,(H,26,28). The first-order chi connectivity index (χ1) is 16.1. The van der Waals surface area contributed by atoms with Gasteiger partial charge in [0.15, 0.2) is 6.61 Å². The van der Waals surface area contributed by atoms with Gasteiger partial charge in [-0.25, -0.2) is 8.42 Å². The van der Waals surface area contributed by atoms with Crippen molar-refractivity contribution in [3.63, 3.8) is 0 Å². The van der Waals surface area contributed by atoms with Crippen LogP contribution in [0.2, 0.25) is 0 Å². The van der Waals surface area contributed by atoms with Gasteiger partial charge in [0.25, 0.3) is 5.91 Å². The van der Waals surface area contributed by atoms with Crippen molar-refractivity contribution in [2.24, 2.45) is 0 Å². The maximum absolute atomic E-state index is 12.7. The minimum atomic E-state index is -3.51. The van der Waals surface area contributed by atoms with E-state index in [1.54, 1.807) is 31.4 Å². The van der Waals surface area contributed by atoms with Crippen LogP contribution < -0.4 is 14.8 Å². The number of amides is 1. The first-order valence-electron chi connectivity index (χ1n) is 11.4. The number of nitrogens with zero attached hydrogens (tertiary/aromatic N) is 1. The number of benzene rings is 2. The van der Waals surface area contributed by atoms with Gasteiger partial charge in [-0.1, -0.05) is 32.9 Å². The van der Waals surface area contributed by atoms with Crippen LogP contribution in [-0.2, 0) is 31.4 Å². The van der Waals surface area contributed by atoms with Crippen molar-refractivity contribution < 1.29 is 27.4 Å². The van der Waals surface area contributed by atoms with Crippen LogP contribution in [0, 0.1) is 0 Å². The van der Waals surface area contributed by atoms with Crippen molar-refractivity contribution in [2.75, 3.05) is 46.6 Å². The Morgan fingerprint density at radius 3 is 2.38 bits per heavy atom. The third kappa shape index (κ3) is 6.71. The number of sulfonamides is 1. The number of carbonyl (C=O) groups is 1. The molecule has 1 amide bonds. The molecule has 0 atom stereocenters. The van der Waals surface area contributed by atoms with Gasteiger partial charge >= 0.3 is 0 Å². The quantitative estimate of drug-likeness (QED) is 0.581. The minimum absolute atomic E-state index is 0.0911. The fraction of sp³-hybridized carbons (Fsp3) is 0.480. The summed E-state index contributed by atoms with van der Waals surface area (Å²) in [7, 11) is -1.89. The van der Waals surface area contributed by atoms with E-state index in [1.807, 2.05) is 18.2 Å². The average Bonchev–Trinajstić information content (AvgIpc) is 2.83. The molecule has 1 heterocycles. The van der Waals surface area contributed by atoms with Crippen molar-refractivity contribution in [1.29, 1.82) is 0 Å². The van der Waals surface area contributed by atoms with Crippen LogP contribution in [0.4, 0.5) is 0 Å². The number of rotatable bonds is 9. The van der Waals surface area contributed by atoms with Crippen molar-refractivity contribution >= 4 is 15.9 Å². The van der Waals surface area contributed by atoms with E-state index < -0.39 is 10.0 Å². The largest absolute Gasteiger partial charge is 0.497 e. The summed E-state index contributed by atoms with van der Waals surface area (Å²) in [6.07, 6.45) is 0.583. The number of morpholine rings is 1. The van der Waals surface area contributed by atoms with Gasteiger partial charge in [-0.2, -0.15) is 4.31 Å². The molecule has 1 fully saturated rings. The third-order valence-electron chi connectivity index (χ3n) is 5.62. The molecule has 0 spiro atoms.